The molecule has 0 saturated heterocycles. The summed E-state index contributed by atoms with van der Waals surface area (Å²) < 4.78 is 0. The predicted octanol–water partition coefficient (Wildman–Crippen LogP) is 0.722. The molecule has 0 radical (unpaired) electrons. The van der Waals surface area contributed by atoms with E-state index in [1.165, 1.54) is 17.0 Å². The van der Waals surface area contributed by atoms with E-state index in [1.807, 2.05) is 0 Å². The van der Waals surface area contributed by atoms with Gasteiger partial charge in [-0.2, -0.15) is 4.99 Å². The molecule has 0 bridgehead atoms. The van der Waals surface area contributed by atoms with Crippen LogP contribution in [0.5, 0.6) is 0 Å². The van der Waals surface area contributed by atoms with Crippen molar-refractivity contribution in [2.24, 2.45) is 10.7 Å². The van der Waals surface area contributed by atoms with E-state index in [2.05, 4.69) is 4.99 Å². The molecule has 1 aliphatic heterocycles. The van der Waals surface area contributed by atoms with Gasteiger partial charge in [0.05, 0.1) is 10.5 Å². The minimum Gasteiger partial charge on any atom is -0.369 e. The van der Waals surface area contributed by atoms with Crippen molar-refractivity contribution < 1.29 is 9.72 Å². The van der Waals surface area contributed by atoms with Crippen LogP contribution in [0.25, 0.3) is 6.08 Å². The minimum atomic E-state index is -0.506. The van der Waals surface area contributed by atoms with Crippen molar-refractivity contribution in [1.29, 1.82) is 0 Å². The van der Waals surface area contributed by atoms with Gasteiger partial charge in [0.15, 0.2) is 0 Å². The van der Waals surface area contributed by atoms with Crippen molar-refractivity contribution in [2.75, 3.05) is 7.05 Å². The van der Waals surface area contributed by atoms with Gasteiger partial charge in [-0.05, 0) is 12.1 Å². The zero-order valence-corrected chi connectivity index (χ0v) is 9.53. The quantitative estimate of drug-likeness (QED) is 0.470. The Balaban J connectivity index is 2.47. The van der Waals surface area contributed by atoms with Crippen LogP contribution in [-0.4, -0.2) is 28.7 Å². The number of carbonyl (C=O) groups excluding carboxylic acids is 1. The first-order valence-electron chi connectivity index (χ1n) is 5.08. The van der Waals surface area contributed by atoms with Crippen molar-refractivity contribution in [2.45, 2.75) is 0 Å². The molecule has 0 unspecified atom stereocenters. The Kier molecular flexibility index (Phi) is 2.80. The van der Waals surface area contributed by atoms with E-state index in [0.29, 0.717) is 5.56 Å². The number of para-hydroxylation sites is 1. The number of aliphatic imine (C=N–C) groups is 1. The van der Waals surface area contributed by atoms with Gasteiger partial charge >= 0.3 is 0 Å². The lowest BCUT2D eigenvalue weighted by Gasteiger charge is -2.10. The average molecular weight is 246 g/mol. The van der Waals surface area contributed by atoms with Crippen molar-refractivity contribution in [1.82, 2.24) is 4.90 Å². The maximum absolute atomic E-state index is 11.5. The second-order valence-corrected chi connectivity index (χ2v) is 3.68. The van der Waals surface area contributed by atoms with Crippen LogP contribution in [0.1, 0.15) is 5.56 Å². The van der Waals surface area contributed by atoms with Crippen LogP contribution in [-0.2, 0) is 4.79 Å². The molecule has 0 spiro atoms. The summed E-state index contributed by atoms with van der Waals surface area (Å²) in [5, 5.41) is 10.8. The molecule has 1 amide bonds. The largest absolute Gasteiger partial charge is 0.369 e. The molecule has 1 heterocycles. The third kappa shape index (κ3) is 1.93. The van der Waals surface area contributed by atoms with E-state index < -0.39 is 10.8 Å². The molecule has 0 aliphatic carbocycles. The van der Waals surface area contributed by atoms with Gasteiger partial charge in [-0.25, -0.2) is 0 Å². The summed E-state index contributed by atoms with van der Waals surface area (Å²) in [6, 6.07) is 6.14. The second kappa shape index (κ2) is 4.28. The molecule has 0 aromatic heterocycles. The van der Waals surface area contributed by atoms with Crippen LogP contribution < -0.4 is 5.73 Å². The van der Waals surface area contributed by atoms with Gasteiger partial charge in [-0.3, -0.25) is 14.9 Å². The van der Waals surface area contributed by atoms with E-state index in [9.17, 15) is 14.9 Å². The highest BCUT2D eigenvalue weighted by atomic mass is 16.6. The highest BCUT2D eigenvalue weighted by Crippen LogP contribution is 2.23. The molecule has 7 heteroatoms. The Morgan fingerprint density at radius 1 is 1.44 bits per heavy atom. The predicted molar refractivity (Wildman–Crippen MR) is 65.5 cm³/mol. The molecule has 1 aliphatic rings. The molecular weight excluding hydrogens is 236 g/mol. The number of carbonyl (C=O) groups is 1. The standard InChI is InChI=1S/C11H10N4O3/c1-14-9(10(16)13-11(14)12)6-7-4-2-3-5-8(7)15(17)18/h2-6H,1H3,(H2,12,13,16)/b9-6+. The zero-order chi connectivity index (χ0) is 13.3. The van der Waals surface area contributed by atoms with E-state index in [4.69, 9.17) is 5.73 Å². The first kappa shape index (κ1) is 11.8. The average Bonchev–Trinajstić information content (AvgIpc) is 2.56. The number of hydrogen-bond acceptors (Lipinski definition) is 5. The Morgan fingerprint density at radius 3 is 2.67 bits per heavy atom. The summed E-state index contributed by atoms with van der Waals surface area (Å²) in [5.41, 5.74) is 5.96. The number of nitrogens with two attached hydrogens (primary N) is 1. The molecule has 0 saturated carbocycles. The van der Waals surface area contributed by atoms with Crippen LogP contribution >= 0.6 is 0 Å². The number of benzene rings is 1. The van der Waals surface area contributed by atoms with Crippen LogP contribution in [0.15, 0.2) is 35.0 Å². The molecule has 0 atom stereocenters. The van der Waals surface area contributed by atoms with Gasteiger partial charge in [-0.15, -0.1) is 0 Å². The van der Waals surface area contributed by atoms with Gasteiger partial charge in [0.25, 0.3) is 11.6 Å². The molecular formula is C11H10N4O3. The zero-order valence-electron chi connectivity index (χ0n) is 9.53. The SMILES string of the molecule is CN1C(N)=NC(=O)/C1=C\c1ccccc1[N+](=O)[O-]. The number of nitro benzene ring substituents is 1. The molecule has 0 fully saturated rings. The highest BCUT2D eigenvalue weighted by Gasteiger charge is 2.25. The summed E-state index contributed by atoms with van der Waals surface area (Å²) >= 11 is 0. The lowest BCUT2D eigenvalue weighted by Crippen LogP contribution is -2.28. The van der Waals surface area contributed by atoms with Crippen LogP contribution in [0.3, 0.4) is 0 Å². The fraction of sp³-hybridized carbons (Fsp3) is 0.0909. The Bertz CT molecular complexity index is 592. The second-order valence-electron chi connectivity index (χ2n) is 3.68. The summed E-state index contributed by atoms with van der Waals surface area (Å²) in [7, 11) is 1.57. The van der Waals surface area contributed by atoms with Crippen LogP contribution in [0, 0.1) is 10.1 Å². The number of guanidine groups is 1. The first-order valence-corrected chi connectivity index (χ1v) is 5.08. The third-order valence-electron chi connectivity index (χ3n) is 2.57. The molecule has 18 heavy (non-hydrogen) atoms. The number of amides is 1. The monoisotopic (exact) mass is 246 g/mol. The molecule has 2 N–H and O–H groups in total. The molecule has 92 valence electrons. The summed E-state index contributed by atoms with van der Waals surface area (Å²) in [6.45, 7) is 0. The summed E-state index contributed by atoms with van der Waals surface area (Å²) in [5.74, 6) is -0.432. The minimum absolute atomic E-state index is 0.0725. The molecule has 7 nitrogen and oxygen atoms in total. The topological polar surface area (TPSA) is 102 Å². The Morgan fingerprint density at radius 2 is 2.11 bits per heavy atom. The first-order chi connectivity index (χ1) is 8.50. The maximum Gasteiger partial charge on any atom is 0.296 e. The lowest BCUT2D eigenvalue weighted by molar-refractivity contribution is -0.385. The molecule has 1 aromatic rings. The van der Waals surface area contributed by atoms with Crippen molar-refractivity contribution in [3.05, 3.63) is 45.6 Å². The number of hydrogen-bond donors (Lipinski definition) is 1. The fourth-order valence-corrected chi connectivity index (χ4v) is 1.58. The van der Waals surface area contributed by atoms with Gasteiger partial charge in [0.2, 0.25) is 5.96 Å². The van der Waals surface area contributed by atoms with Gasteiger partial charge in [0.1, 0.15) is 5.70 Å². The number of rotatable bonds is 2. The van der Waals surface area contributed by atoms with Crippen molar-refractivity contribution >= 4 is 23.6 Å². The lowest BCUT2D eigenvalue weighted by atomic mass is 10.1. The maximum atomic E-state index is 11.5. The number of likely N-dealkylation sites (N-methyl/N-ethyl adjacent to an activating group) is 1. The van der Waals surface area contributed by atoms with Crippen molar-refractivity contribution in [3.63, 3.8) is 0 Å². The normalized spacial score (nSPS) is 17.2. The van der Waals surface area contributed by atoms with Crippen LogP contribution in [0.2, 0.25) is 0 Å². The van der Waals surface area contributed by atoms with E-state index >= 15 is 0 Å². The van der Waals surface area contributed by atoms with Crippen LogP contribution in [0.4, 0.5) is 5.69 Å². The van der Waals surface area contributed by atoms with Crippen molar-refractivity contribution in [3.8, 4) is 0 Å². The summed E-state index contributed by atoms with van der Waals surface area (Å²) in [6.07, 6.45) is 1.41. The third-order valence-corrected chi connectivity index (χ3v) is 2.57. The number of nitro groups is 1. The fourth-order valence-electron chi connectivity index (χ4n) is 1.58. The Hall–Kier alpha value is -2.70. The van der Waals surface area contributed by atoms with Gasteiger partial charge in [0, 0.05) is 13.1 Å². The van der Waals surface area contributed by atoms with Gasteiger partial charge < -0.3 is 10.6 Å². The number of nitrogens with zero attached hydrogens (tertiary/aromatic N) is 3. The van der Waals surface area contributed by atoms with Gasteiger partial charge in [-0.1, -0.05) is 12.1 Å². The molecule has 2 rings (SSSR count). The summed E-state index contributed by atoms with van der Waals surface area (Å²) in [4.78, 5) is 26.8. The smallest absolute Gasteiger partial charge is 0.296 e. The van der Waals surface area contributed by atoms with E-state index in [0.717, 1.165) is 0 Å². The van der Waals surface area contributed by atoms with E-state index in [1.54, 1.807) is 25.2 Å². The van der Waals surface area contributed by atoms with E-state index in [-0.39, 0.29) is 17.3 Å². The highest BCUT2D eigenvalue weighted by molar-refractivity contribution is 6.12. The Labute approximate surface area is 102 Å². The molecule has 1 aromatic carbocycles.